The number of amides is 1. The van der Waals surface area contributed by atoms with Crippen LogP contribution in [0.5, 0.6) is 17.4 Å². The molecular weight excluding hydrogens is 583 g/mol. The van der Waals surface area contributed by atoms with Gasteiger partial charge in [0, 0.05) is 39.6 Å². The van der Waals surface area contributed by atoms with Gasteiger partial charge < -0.3 is 23.7 Å². The summed E-state index contributed by atoms with van der Waals surface area (Å²) in [6.07, 6.45) is -4.63. The minimum atomic E-state index is -4.63. The smallest absolute Gasteiger partial charge is 0.421 e. The number of benzene rings is 1. The van der Waals surface area contributed by atoms with Gasteiger partial charge in [0.05, 0.1) is 25.4 Å². The number of hydrogen-bond acceptors (Lipinski definition) is 9. The lowest BCUT2D eigenvalue weighted by Gasteiger charge is -2.20. The third-order valence-corrected chi connectivity index (χ3v) is 7.03. The van der Waals surface area contributed by atoms with E-state index in [2.05, 4.69) is 4.98 Å². The van der Waals surface area contributed by atoms with E-state index in [1.165, 1.54) is 20.3 Å². The average Bonchev–Trinajstić information content (AvgIpc) is 2.88. The minimum absolute atomic E-state index is 0.0569. The zero-order valence-corrected chi connectivity index (χ0v) is 23.7. The highest BCUT2D eigenvalue weighted by Gasteiger charge is 2.32. The fraction of sp³-hybridized carbons (Fsp3) is 0.500. The topological polar surface area (TPSA) is 126 Å². The number of nitrogens with zero attached hydrogens (tertiary/aromatic N) is 2. The summed E-state index contributed by atoms with van der Waals surface area (Å²) in [5.41, 5.74) is -0.454. The van der Waals surface area contributed by atoms with E-state index in [1.54, 1.807) is 19.1 Å². The standard InChI is InChI=1S/C24H31ClF3N3O8S/c1-4-31(9-11-35-2)40(33,34)30-23(32)38-10-5-6-17-7-8-19(37-13-12-36-3)15-21(17)39-22-20(25)14-18(16-29-22)24(26,27)28/h7-8,14-16H,4-6,9-13H2,1-3H3,(H,30,32). The number of aryl methyl sites for hydroxylation is 1. The lowest BCUT2D eigenvalue weighted by molar-refractivity contribution is -0.137. The molecule has 1 heterocycles. The fourth-order valence-electron chi connectivity index (χ4n) is 3.20. The second kappa shape index (κ2) is 15.8. The maximum Gasteiger partial charge on any atom is 0.421 e. The molecule has 16 heteroatoms. The Morgan fingerprint density at radius 2 is 1.82 bits per heavy atom. The maximum atomic E-state index is 13.0. The van der Waals surface area contributed by atoms with Crippen molar-refractivity contribution in [2.45, 2.75) is 25.9 Å². The molecule has 0 bridgehead atoms. The summed E-state index contributed by atoms with van der Waals surface area (Å²) >= 11 is 6.00. The predicted octanol–water partition coefficient (Wildman–Crippen LogP) is 4.44. The molecule has 0 aliphatic carbocycles. The maximum absolute atomic E-state index is 13.0. The third-order valence-electron chi connectivity index (χ3n) is 5.21. The van der Waals surface area contributed by atoms with Crippen LogP contribution in [0, 0.1) is 0 Å². The first-order valence-corrected chi connectivity index (χ1v) is 13.8. The number of nitrogens with one attached hydrogen (secondary N) is 1. The minimum Gasteiger partial charge on any atom is -0.491 e. The molecule has 1 N–H and O–H groups in total. The molecule has 2 rings (SSSR count). The monoisotopic (exact) mass is 613 g/mol. The van der Waals surface area contributed by atoms with Crippen LogP contribution < -0.4 is 14.2 Å². The van der Waals surface area contributed by atoms with Crippen LogP contribution in [0.2, 0.25) is 5.02 Å². The summed E-state index contributed by atoms with van der Waals surface area (Å²) < 4.78 is 92.6. The van der Waals surface area contributed by atoms with E-state index >= 15 is 0 Å². The number of likely N-dealkylation sites (N-methyl/N-ethyl adjacent to an activating group) is 1. The Kier molecular flexibility index (Phi) is 13.2. The van der Waals surface area contributed by atoms with Crippen LogP contribution in [-0.2, 0) is 37.0 Å². The van der Waals surface area contributed by atoms with Crippen LogP contribution in [0.15, 0.2) is 30.5 Å². The van der Waals surface area contributed by atoms with Crippen LogP contribution in [0.25, 0.3) is 0 Å². The van der Waals surface area contributed by atoms with E-state index < -0.39 is 28.0 Å². The highest BCUT2D eigenvalue weighted by molar-refractivity contribution is 7.87. The van der Waals surface area contributed by atoms with Gasteiger partial charge in [-0.05, 0) is 30.5 Å². The number of aromatic nitrogens is 1. The number of halogens is 4. The average molecular weight is 614 g/mol. The van der Waals surface area contributed by atoms with Gasteiger partial charge in [-0.3, -0.25) is 0 Å². The molecule has 0 radical (unpaired) electrons. The Balaban J connectivity index is 2.08. The number of carbonyl (C=O) groups excluding carboxylic acids is 1. The lowest BCUT2D eigenvalue weighted by atomic mass is 10.1. The first kappa shape index (κ1) is 33.4. The first-order valence-electron chi connectivity index (χ1n) is 12.0. The van der Waals surface area contributed by atoms with Crippen molar-refractivity contribution in [3.63, 3.8) is 0 Å². The van der Waals surface area contributed by atoms with Crippen LogP contribution in [0.1, 0.15) is 24.5 Å². The number of pyridine rings is 1. The van der Waals surface area contributed by atoms with E-state index in [9.17, 15) is 26.4 Å². The largest absolute Gasteiger partial charge is 0.491 e. The summed E-state index contributed by atoms with van der Waals surface area (Å²) in [6.45, 7) is 2.36. The quantitative estimate of drug-likeness (QED) is 0.273. The van der Waals surface area contributed by atoms with Crippen LogP contribution >= 0.6 is 11.6 Å². The molecule has 1 aromatic heterocycles. The Morgan fingerprint density at radius 3 is 2.45 bits per heavy atom. The Hall–Kier alpha value is -2.85. The molecule has 1 amide bonds. The Morgan fingerprint density at radius 1 is 1.10 bits per heavy atom. The molecule has 2 aromatic rings. The first-order chi connectivity index (χ1) is 18.9. The normalized spacial score (nSPS) is 11.9. The number of alkyl halides is 3. The molecule has 1 aromatic carbocycles. The lowest BCUT2D eigenvalue weighted by Crippen LogP contribution is -2.44. The van der Waals surface area contributed by atoms with Gasteiger partial charge in [-0.25, -0.2) is 14.5 Å². The van der Waals surface area contributed by atoms with Crippen molar-refractivity contribution in [3.05, 3.63) is 46.6 Å². The molecule has 0 spiro atoms. The number of carbonyl (C=O) groups is 1. The second-order valence-corrected chi connectivity index (χ2v) is 10.1. The summed E-state index contributed by atoms with van der Waals surface area (Å²) in [6, 6.07) is 5.53. The highest BCUT2D eigenvalue weighted by Crippen LogP contribution is 2.36. The van der Waals surface area contributed by atoms with Gasteiger partial charge in [-0.2, -0.15) is 25.9 Å². The van der Waals surface area contributed by atoms with Crippen LogP contribution in [-0.4, -0.2) is 77.5 Å². The van der Waals surface area contributed by atoms with Crippen LogP contribution in [0.3, 0.4) is 0 Å². The molecule has 40 heavy (non-hydrogen) atoms. The molecule has 0 saturated carbocycles. The van der Waals surface area contributed by atoms with E-state index in [0.717, 1.165) is 4.31 Å². The van der Waals surface area contributed by atoms with Gasteiger partial charge in [-0.1, -0.05) is 24.6 Å². The van der Waals surface area contributed by atoms with E-state index in [0.29, 0.717) is 30.2 Å². The van der Waals surface area contributed by atoms with Crippen molar-refractivity contribution in [2.75, 3.05) is 53.7 Å². The van der Waals surface area contributed by atoms with Gasteiger partial charge in [0.2, 0.25) is 5.88 Å². The highest BCUT2D eigenvalue weighted by atomic mass is 35.5. The molecule has 11 nitrogen and oxygen atoms in total. The molecule has 0 fully saturated rings. The van der Waals surface area contributed by atoms with Crippen molar-refractivity contribution < 1.29 is 50.1 Å². The number of hydrogen-bond donors (Lipinski definition) is 1. The Labute approximate surface area is 235 Å². The molecule has 0 atom stereocenters. The molecule has 0 aliphatic heterocycles. The van der Waals surface area contributed by atoms with Gasteiger partial charge >= 0.3 is 22.5 Å². The SMILES string of the molecule is CCN(CCOC)S(=O)(=O)NC(=O)OCCCc1ccc(OCCOC)cc1Oc1ncc(C(F)(F)F)cc1Cl. The fourth-order valence-corrected chi connectivity index (χ4v) is 4.46. The van der Waals surface area contributed by atoms with Crippen molar-refractivity contribution in [1.29, 1.82) is 0 Å². The van der Waals surface area contributed by atoms with Crippen molar-refractivity contribution in [1.82, 2.24) is 14.0 Å². The van der Waals surface area contributed by atoms with Gasteiger partial charge in [0.25, 0.3) is 0 Å². The molecule has 0 unspecified atom stereocenters. The summed E-state index contributed by atoms with van der Waals surface area (Å²) in [4.78, 5) is 15.8. The van der Waals surface area contributed by atoms with E-state index in [1.807, 2.05) is 4.72 Å². The number of ether oxygens (including phenoxy) is 5. The van der Waals surface area contributed by atoms with Gasteiger partial charge in [0.15, 0.2) is 0 Å². The molecule has 0 saturated heterocycles. The summed E-state index contributed by atoms with van der Waals surface area (Å²) in [7, 11) is -1.17. The van der Waals surface area contributed by atoms with Gasteiger partial charge in [-0.15, -0.1) is 0 Å². The zero-order valence-electron chi connectivity index (χ0n) is 22.1. The predicted molar refractivity (Wildman–Crippen MR) is 139 cm³/mol. The van der Waals surface area contributed by atoms with Crippen molar-refractivity contribution in [3.8, 4) is 17.4 Å². The summed E-state index contributed by atoms with van der Waals surface area (Å²) in [5, 5.41) is -0.348. The number of methoxy groups -OCH3 is 2. The van der Waals surface area contributed by atoms with E-state index in [-0.39, 0.29) is 62.4 Å². The molecule has 0 aliphatic rings. The van der Waals surface area contributed by atoms with Crippen LogP contribution in [0.4, 0.5) is 18.0 Å². The zero-order chi connectivity index (χ0) is 29.8. The second-order valence-electron chi connectivity index (χ2n) is 8.05. The summed E-state index contributed by atoms with van der Waals surface area (Å²) in [5.74, 6) is 0.348. The molecule has 224 valence electrons. The van der Waals surface area contributed by atoms with Gasteiger partial charge in [0.1, 0.15) is 23.1 Å². The Bertz CT molecular complexity index is 1220. The number of rotatable bonds is 16. The molecular formula is C24H31ClF3N3O8S. The van der Waals surface area contributed by atoms with E-state index in [4.69, 9.17) is 35.3 Å². The van der Waals surface area contributed by atoms with Crippen molar-refractivity contribution >= 4 is 27.9 Å². The third kappa shape index (κ3) is 10.6. The van der Waals surface area contributed by atoms with Crippen molar-refractivity contribution in [2.24, 2.45) is 0 Å².